The molecule has 1 aromatic heterocycles. The fraction of sp³-hybridized carbons (Fsp3) is 0.417. The van der Waals surface area contributed by atoms with E-state index < -0.39 is 16.1 Å². The summed E-state index contributed by atoms with van der Waals surface area (Å²) >= 11 is 4.74. The molecule has 9 heteroatoms. The summed E-state index contributed by atoms with van der Waals surface area (Å²) in [7, 11) is -3.83. The van der Waals surface area contributed by atoms with Crippen LogP contribution < -0.4 is 15.8 Å². The van der Waals surface area contributed by atoms with E-state index in [1.165, 1.54) is 19.1 Å². The Bertz CT molecular complexity index is 614. The van der Waals surface area contributed by atoms with Gasteiger partial charge in [0.2, 0.25) is 15.9 Å². The smallest absolute Gasteiger partial charge is 0.242 e. The highest BCUT2D eigenvalue weighted by atomic mass is 32.2. The van der Waals surface area contributed by atoms with E-state index in [9.17, 15) is 13.2 Å². The number of thiocarbonyl (C=S) groups is 1. The Morgan fingerprint density at radius 3 is 2.62 bits per heavy atom. The monoisotopic (exact) mass is 330 g/mol. The van der Waals surface area contributed by atoms with Crippen LogP contribution in [0.2, 0.25) is 0 Å². The van der Waals surface area contributed by atoms with Crippen molar-refractivity contribution in [3.05, 3.63) is 24.0 Å². The largest absolute Gasteiger partial charge is 0.388 e. The molecule has 1 heterocycles. The second-order valence-electron chi connectivity index (χ2n) is 4.38. The number of hydrogen-bond donors (Lipinski definition) is 3. The van der Waals surface area contributed by atoms with Crippen molar-refractivity contribution in [2.24, 2.45) is 5.73 Å². The zero-order valence-electron chi connectivity index (χ0n) is 11.8. The highest BCUT2D eigenvalue weighted by Crippen LogP contribution is 2.08. The third kappa shape index (κ3) is 5.03. The molecule has 0 saturated carbocycles. The summed E-state index contributed by atoms with van der Waals surface area (Å²) < 4.78 is 26.5. The third-order valence-corrected chi connectivity index (χ3v) is 4.31. The molecule has 4 N–H and O–H groups in total. The summed E-state index contributed by atoms with van der Waals surface area (Å²) in [6.07, 6.45) is 1.92. The Labute approximate surface area is 129 Å². The number of pyridine rings is 1. The van der Waals surface area contributed by atoms with Crippen LogP contribution in [-0.2, 0) is 14.8 Å². The molecule has 1 amide bonds. The molecule has 0 spiro atoms. The number of sulfonamides is 1. The van der Waals surface area contributed by atoms with Gasteiger partial charge in [-0.2, -0.15) is 4.72 Å². The van der Waals surface area contributed by atoms with E-state index in [4.69, 9.17) is 18.0 Å². The highest BCUT2D eigenvalue weighted by Gasteiger charge is 2.22. The maximum absolute atomic E-state index is 12.1. The van der Waals surface area contributed by atoms with E-state index in [2.05, 4.69) is 15.0 Å². The van der Waals surface area contributed by atoms with Crippen molar-refractivity contribution < 1.29 is 13.2 Å². The van der Waals surface area contributed by atoms with Gasteiger partial charge >= 0.3 is 0 Å². The van der Waals surface area contributed by atoms with Crippen molar-refractivity contribution in [2.45, 2.75) is 31.2 Å². The van der Waals surface area contributed by atoms with Crippen molar-refractivity contribution in [3.8, 4) is 0 Å². The van der Waals surface area contributed by atoms with Gasteiger partial charge < -0.3 is 11.1 Å². The maximum Gasteiger partial charge on any atom is 0.242 e. The number of hydrogen-bond acceptors (Lipinski definition) is 5. The van der Waals surface area contributed by atoms with Crippen LogP contribution in [-0.4, -0.2) is 36.9 Å². The number of aromatic nitrogens is 1. The molecule has 0 radical (unpaired) electrons. The first kappa shape index (κ1) is 17.5. The van der Waals surface area contributed by atoms with Gasteiger partial charge in [0.05, 0.1) is 11.7 Å². The molecule has 0 aliphatic heterocycles. The van der Waals surface area contributed by atoms with Crippen molar-refractivity contribution in [2.75, 3.05) is 6.54 Å². The first-order valence-corrected chi connectivity index (χ1v) is 8.23. The number of nitrogens with one attached hydrogen (secondary N) is 2. The molecular weight excluding hydrogens is 312 g/mol. The standard InChI is InChI=1S/C12H18N4O3S2/c1-3-6-14-12(17)8(2)16-21(18,19)9-4-5-10(11(13)20)15-7-9/h4-5,7-8,16H,3,6H2,1-2H3,(H2,13,20)(H,14,17). The quantitative estimate of drug-likeness (QED) is 0.602. The minimum atomic E-state index is -3.83. The summed E-state index contributed by atoms with van der Waals surface area (Å²) in [5.41, 5.74) is 5.72. The number of rotatable bonds is 7. The molecule has 0 saturated heterocycles. The van der Waals surface area contributed by atoms with E-state index in [0.29, 0.717) is 12.2 Å². The number of nitrogens with zero attached hydrogens (tertiary/aromatic N) is 1. The summed E-state index contributed by atoms with van der Waals surface area (Å²) in [6, 6.07) is 1.87. The van der Waals surface area contributed by atoms with Gasteiger partial charge in [-0.25, -0.2) is 8.42 Å². The fourth-order valence-corrected chi connectivity index (χ4v) is 2.71. The fourth-order valence-electron chi connectivity index (χ4n) is 1.44. The molecule has 0 aliphatic rings. The highest BCUT2D eigenvalue weighted by molar-refractivity contribution is 7.89. The molecule has 0 aliphatic carbocycles. The summed E-state index contributed by atoms with van der Waals surface area (Å²) in [4.78, 5) is 15.6. The predicted octanol–water partition coefficient (Wildman–Crippen LogP) is -0.0912. The molecule has 0 bridgehead atoms. The van der Waals surface area contributed by atoms with Crippen molar-refractivity contribution in [3.63, 3.8) is 0 Å². The van der Waals surface area contributed by atoms with Crippen molar-refractivity contribution >= 4 is 33.1 Å². The maximum atomic E-state index is 12.1. The van der Waals surface area contributed by atoms with Gasteiger partial charge in [0.1, 0.15) is 9.88 Å². The normalized spacial score (nSPS) is 12.7. The predicted molar refractivity (Wildman–Crippen MR) is 83.2 cm³/mol. The van der Waals surface area contributed by atoms with Gasteiger partial charge in [-0.05, 0) is 25.5 Å². The molecular formula is C12H18N4O3S2. The van der Waals surface area contributed by atoms with Gasteiger partial charge in [-0.3, -0.25) is 9.78 Å². The van der Waals surface area contributed by atoms with Gasteiger partial charge in [0.15, 0.2) is 0 Å². The number of carbonyl (C=O) groups is 1. The summed E-state index contributed by atoms with van der Waals surface area (Å²) in [5.74, 6) is -0.381. The molecule has 1 atom stereocenters. The lowest BCUT2D eigenvalue weighted by atomic mass is 10.3. The average Bonchev–Trinajstić information content (AvgIpc) is 2.44. The Hall–Kier alpha value is -1.58. The van der Waals surface area contributed by atoms with Gasteiger partial charge in [0, 0.05) is 12.7 Å². The van der Waals surface area contributed by atoms with Crippen molar-refractivity contribution in [1.82, 2.24) is 15.0 Å². The lowest BCUT2D eigenvalue weighted by Gasteiger charge is -2.14. The number of nitrogens with two attached hydrogens (primary N) is 1. The van der Waals surface area contributed by atoms with E-state index in [-0.39, 0.29) is 15.8 Å². The van der Waals surface area contributed by atoms with Crippen LogP contribution in [0.1, 0.15) is 26.0 Å². The zero-order chi connectivity index (χ0) is 16.0. The van der Waals surface area contributed by atoms with Gasteiger partial charge in [0.25, 0.3) is 0 Å². The molecule has 1 aromatic rings. The minimum absolute atomic E-state index is 0.0577. The molecule has 1 unspecified atom stereocenters. The minimum Gasteiger partial charge on any atom is -0.388 e. The van der Waals surface area contributed by atoms with E-state index in [1.807, 2.05) is 6.92 Å². The lowest BCUT2D eigenvalue weighted by Crippen LogP contribution is -2.44. The van der Waals surface area contributed by atoms with Gasteiger partial charge in [-0.1, -0.05) is 19.1 Å². The lowest BCUT2D eigenvalue weighted by molar-refractivity contribution is -0.122. The molecule has 1 rings (SSSR count). The van der Waals surface area contributed by atoms with E-state index in [1.54, 1.807) is 0 Å². The molecule has 116 valence electrons. The van der Waals surface area contributed by atoms with Crippen molar-refractivity contribution in [1.29, 1.82) is 0 Å². The summed E-state index contributed by atoms with van der Waals surface area (Å²) in [6.45, 7) is 3.87. The van der Waals surface area contributed by atoms with Crippen LogP contribution in [0, 0.1) is 0 Å². The second kappa shape index (κ2) is 7.43. The second-order valence-corrected chi connectivity index (χ2v) is 6.53. The Morgan fingerprint density at radius 2 is 2.14 bits per heavy atom. The summed E-state index contributed by atoms with van der Waals surface area (Å²) in [5, 5.41) is 2.62. The van der Waals surface area contributed by atoms with E-state index >= 15 is 0 Å². The first-order chi connectivity index (χ1) is 9.77. The number of carbonyl (C=O) groups excluding carboxylic acids is 1. The third-order valence-electron chi connectivity index (χ3n) is 2.57. The van der Waals surface area contributed by atoms with Crippen LogP contribution in [0.25, 0.3) is 0 Å². The SMILES string of the molecule is CCCNC(=O)C(C)NS(=O)(=O)c1ccc(C(N)=S)nc1. The molecule has 21 heavy (non-hydrogen) atoms. The molecule has 0 aromatic carbocycles. The first-order valence-electron chi connectivity index (χ1n) is 6.34. The molecule has 0 fully saturated rings. The topological polar surface area (TPSA) is 114 Å². The molecule has 7 nitrogen and oxygen atoms in total. The zero-order valence-corrected chi connectivity index (χ0v) is 13.4. The van der Waals surface area contributed by atoms with Crippen LogP contribution in [0.15, 0.2) is 23.2 Å². The Balaban J connectivity index is 2.81. The Kier molecular flexibility index (Phi) is 6.19. The number of amides is 1. The average molecular weight is 330 g/mol. The van der Waals surface area contributed by atoms with Crippen LogP contribution in [0.3, 0.4) is 0 Å². The van der Waals surface area contributed by atoms with E-state index in [0.717, 1.165) is 12.6 Å². The van der Waals surface area contributed by atoms with Gasteiger partial charge in [-0.15, -0.1) is 0 Å². The Morgan fingerprint density at radius 1 is 1.48 bits per heavy atom. The van der Waals surface area contributed by atoms with Crippen LogP contribution in [0.5, 0.6) is 0 Å². The van der Waals surface area contributed by atoms with Crippen LogP contribution in [0.4, 0.5) is 0 Å². The van der Waals surface area contributed by atoms with Crippen LogP contribution >= 0.6 is 12.2 Å².